The van der Waals surface area contributed by atoms with E-state index in [9.17, 15) is 21.6 Å². The lowest BCUT2D eigenvalue weighted by atomic mass is 10.0. The van der Waals surface area contributed by atoms with Gasteiger partial charge in [-0.15, -0.1) is 0 Å². The molecule has 20 heavy (non-hydrogen) atoms. The molecule has 1 atom stereocenters. The Morgan fingerprint density at radius 1 is 1.10 bits per heavy atom. The second-order valence-corrected chi connectivity index (χ2v) is 6.54. The molecule has 0 saturated carbocycles. The topological polar surface area (TPSA) is 43.4 Å². The Morgan fingerprint density at radius 3 is 2.00 bits per heavy atom. The van der Waals surface area contributed by atoms with Gasteiger partial charge in [0.05, 0.1) is 6.10 Å². The standard InChI is InChI=1S/C13H17F3O3S/c1-9(2)8-11-4-6-12(7-5-11)10(3)19-20(17,18)13(14,15)16/h4-7,9-10H,8H2,1-3H3. The maximum absolute atomic E-state index is 12.2. The maximum atomic E-state index is 12.2. The summed E-state index contributed by atoms with van der Waals surface area (Å²) in [5.41, 5.74) is -3.99. The van der Waals surface area contributed by atoms with Crippen LogP contribution in [-0.4, -0.2) is 13.9 Å². The van der Waals surface area contributed by atoms with Gasteiger partial charge >= 0.3 is 15.6 Å². The lowest BCUT2D eigenvalue weighted by molar-refractivity contribution is -0.0569. The Balaban J connectivity index is 2.81. The van der Waals surface area contributed by atoms with Crippen LogP contribution in [0, 0.1) is 5.92 Å². The second kappa shape index (κ2) is 6.13. The third-order valence-electron chi connectivity index (χ3n) is 2.65. The highest BCUT2D eigenvalue weighted by atomic mass is 32.2. The molecule has 7 heteroatoms. The predicted molar refractivity (Wildman–Crippen MR) is 69.5 cm³/mol. The van der Waals surface area contributed by atoms with Crippen LogP contribution < -0.4 is 0 Å². The summed E-state index contributed by atoms with van der Waals surface area (Å²) >= 11 is 0. The van der Waals surface area contributed by atoms with Gasteiger partial charge in [0.15, 0.2) is 0 Å². The molecule has 0 aliphatic carbocycles. The van der Waals surface area contributed by atoms with Gasteiger partial charge in [0.2, 0.25) is 0 Å². The highest BCUT2D eigenvalue weighted by Gasteiger charge is 2.48. The van der Waals surface area contributed by atoms with E-state index in [1.54, 1.807) is 24.3 Å². The van der Waals surface area contributed by atoms with Crippen LogP contribution in [0.25, 0.3) is 0 Å². The van der Waals surface area contributed by atoms with Gasteiger partial charge in [-0.3, -0.25) is 4.18 Å². The van der Waals surface area contributed by atoms with Crippen LogP contribution in [0.5, 0.6) is 0 Å². The van der Waals surface area contributed by atoms with E-state index in [1.165, 1.54) is 6.92 Å². The van der Waals surface area contributed by atoms with Gasteiger partial charge in [-0.2, -0.15) is 21.6 Å². The molecule has 3 nitrogen and oxygen atoms in total. The zero-order chi connectivity index (χ0) is 15.6. The van der Waals surface area contributed by atoms with Crippen molar-refractivity contribution >= 4 is 10.1 Å². The molecule has 0 amide bonds. The third kappa shape index (κ3) is 4.49. The molecular weight excluding hydrogens is 293 g/mol. The van der Waals surface area contributed by atoms with Crippen LogP contribution in [0.3, 0.4) is 0 Å². The molecule has 0 heterocycles. The fraction of sp³-hybridized carbons (Fsp3) is 0.538. The monoisotopic (exact) mass is 310 g/mol. The van der Waals surface area contributed by atoms with Crippen molar-refractivity contribution in [1.29, 1.82) is 0 Å². The minimum Gasteiger partial charge on any atom is -0.255 e. The molecule has 114 valence electrons. The van der Waals surface area contributed by atoms with Crippen LogP contribution in [0.2, 0.25) is 0 Å². The van der Waals surface area contributed by atoms with Gasteiger partial charge in [-0.25, -0.2) is 0 Å². The summed E-state index contributed by atoms with van der Waals surface area (Å²) < 4.78 is 62.6. The summed E-state index contributed by atoms with van der Waals surface area (Å²) in [6, 6.07) is 6.67. The molecular formula is C13H17F3O3S. The van der Waals surface area contributed by atoms with E-state index in [0.717, 1.165) is 12.0 Å². The Labute approximate surface area is 116 Å². The van der Waals surface area contributed by atoms with Gasteiger partial charge < -0.3 is 0 Å². The van der Waals surface area contributed by atoms with E-state index in [-0.39, 0.29) is 0 Å². The normalized spacial score (nSPS) is 14.6. The highest BCUT2D eigenvalue weighted by Crippen LogP contribution is 2.30. The van der Waals surface area contributed by atoms with Crippen LogP contribution in [-0.2, 0) is 20.7 Å². The largest absolute Gasteiger partial charge is 0.523 e. The van der Waals surface area contributed by atoms with E-state index in [4.69, 9.17) is 0 Å². The summed E-state index contributed by atoms with van der Waals surface area (Å²) in [5.74, 6) is 0.458. The Hall–Kier alpha value is -1.08. The molecule has 0 bridgehead atoms. The first-order valence-corrected chi connectivity index (χ1v) is 7.52. The number of hydrogen-bond donors (Lipinski definition) is 0. The van der Waals surface area contributed by atoms with Crippen LogP contribution in [0.15, 0.2) is 24.3 Å². The molecule has 0 saturated heterocycles. The fourth-order valence-corrected chi connectivity index (χ4v) is 2.30. The molecule has 0 fully saturated rings. The molecule has 0 aliphatic heterocycles. The summed E-state index contributed by atoms with van der Waals surface area (Å²) in [7, 11) is -5.57. The summed E-state index contributed by atoms with van der Waals surface area (Å²) in [5, 5.41) is 0. The smallest absolute Gasteiger partial charge is 0.255 e. The molecule has 1 aromatic carbocycles. The number of alkyl halides is 3. The molecule has 0 spiro atoms. The van der Waals surface area contributed by atoms with Crippen molar-refractivity contribution in [3.05, 3.63) is 35.4 Å². The molecule has 0 aliphatic rings. The predicted octanol–water partition coefficient (Wildman–Crippen LogP) is 3.81. The van der Waals surface area contributed by atoms with Gasteiger partial charge in [0, 0.05) is 0 Å². The van der Waals surface area contributed by atoms with Gasteiger partial charge in [-0.1, -0.05) is 38.1 Å². The number of benzene rings is 1. The average Bonchev–Trinajstić information content (AvgIpc) is 2.26. The third-order valence-corrected chi connectivity index (χ3v) is 3.76. The van der Waals surface area contributed by atoms with Gasteiger partial charge in [0.25, 0.3) is 0 Å². The van der Waals surface area contributed by atoms with E-state index >= 15 is 0 Å². The Kier molecular flexibility index (Phi) is 5.21. The molecule has 1 aromatic rings. The first kappa shape index (κ1) is 17.0. The van der Waals surface area contributed by atoms with Crippen molar-refractivity contribution in [2.24, 2.45) is 5.92 Å². The summed E-state index contributed by atoms with van der Waals surface area (Å²) in [4.78, 5) is 0. The summed E-state index contributed by atoms with van der Waals surface area (Å²) in [6.07, 6.45) is -0.342. The van der Waals surface area contributed by atoms with Crippen molar-refractivity contribution in [1.82, 2.24) is 0 Å². The van der Waals surface area contributed by atoms with E-state index < -0.39 is 21.7 Å². The minimum atomic E-state index is -5.57. The average molecular weight is 310 g/mol. The zero-order valence-corrected chi connectivity index (χ0v) is 12.3. The highest BCUT2D eigenvalue weighted by molar-refractivity contribution is 7.87. The van der Waals surface area contributed by atoms with Crippen LogP contribution >= 0.6 is 0 Å². The van der Waals surface area contributed by atoms with Crippen LogP contribution in [0.1, 0.15) is 38.0 Å². The maximum Gasteiger partial charge on any atom is 0.523 e. The lowest BCUT2D eigenvalue weighted by Crippen LogP contribution is -2.26. The minimum absolute atomic E-state index is 0.380. The number of hydrogen-bond acceptors (Lipinski definition) is 3. The molecule has 1 unspecified atom stereocenters. The fourth-order valence-electron chi connectivity index (χ4n) is 1.70. The molecule has 0 aromatic heterocycles. The zero-order valence-electron chi connectivity index (χ0n) is 11.4. The quantitative estimate of drug-likeness (QED) is 0.613. The Bertz CT molecular complexity index is 533. The summed E-state index contributed by atoms with van der Waals surface area (Å²) in [6.45, 7) is 5.37. The Morgan fingerprint density at radius 2 is 1.60 bits per heavy atom. The second-order valence-electron chi connectivity index (χ2n) is 4.98. The molecule has 0 radical (unpaired) electrons. The van der Waals surface area contributed by atoms with Gasteiger partial charge in [0.1, 0.15) is 0 Å². The van der Waals surface area contributed by atoms with Crippen molar-refractivity contribution in [2.75, 3.05) is 0 Å². The SMILES string of the molecule is CC(C)Cc1ccc(C(C)OS(=O)(=O)C(F)(F)F)cc1. The van der Waals surface area contributed by atoms with E-state index in [2.05, 4.69) is 18.0 Å². The van der Waals surface area contributed by atoms with E-state index in [1.807, 2.05) is 0 Å². The first-order chi connectivity index (χ1) is 9.03. The van der Waals surface area contributed by atoms with Crippen LogP contribution in [0.4, 0.5) is 13.2 Å². The van der Waals surface area contributed by atoms with Crippen molar-refractivity contribution in [3.8, 4) is 0 Å². The first-order valence-electron chi connectivity index (χ1n) is 6.11. The number of halogens is 3. The molecule has 0 N–H and O–H groups in total. The lowest BCUT2D eigenvalue weighted by Gasteiger charge is -2.15. The van der Waals surface area contributed by atoms with Crippen molar-refractivity contribution in [2.45, 2.75) is 38.8 Å². The van der Waals surface area contributed by atoms with Crippen molar-refractivity contribution < 1.29 is 25.8 Å². The number of rotatable bonds is 5. The molecule has 1 rings (SSSR count). The van der Waals surface area contributed by atoms with E-state index in [0.29, 0.717) is 11.5 Å². The van der Waals surface area contributed by atoms with Gasteiger partial charge in [-0.05, 0) is 30.4 Å². The van der Waals surface area contributed by atoms with Crippen molar-refractivity contribution in [3.63, 3.8) is 0 Å².